The van der Waals surface area contributed by atoms with Crippen LogP contribution >= 0.6 is 11.8 Å². The molecule has 0 aliphatic carbocycles. The van der Waals surface area contributed by atoms with Crippen LogP contribution in [0.2, 0.25) is 0 Å². The molecule has 2 heterocycles. The molecular formula is C27H35FN4O3S. The summed E-state index contributed by atoms with van der Waals surface area (Å²) in [5, 5.41) is 10.7. The van der Waals surface area contributed by atoms with E-state index in [0.29, 0.717) is 28.4 Å². The van der Waals surface area contributed by atoms with Crippen molar-refractivity contribution in [2.45, 2.75) is 34.1 Å². The van der Waals surface area contributed by atoms with Crippen molar-refractivity contribution in [2.75, 3.05) is 19.6 Å². The van der Waals surface area contributed by atoms with Crippen LogP contribution in [-0.4, -0.2) is 40.7 Å². The number of aryl methyl sites for hydroxylation is 1. The van der Waals surface area contributed by atoms with E-state index < -0.39 is 5.91 Å². The number of amides is 1. The number of ether oxygens (including phenoxy) is 2. The Morgan fingerprint density at radius 1 is 1.42 bits per heavy atom. The smallest absolute Gasteiger partial charge is 0.269 e. The third kappa shape index (κ3) is 9.22. The molecule has 0 saturated heterocycles. The first kappa shape index (κ1) is 30.4. The van der Waals surface area contributed by atoms with Crippen molar-refractivity contribution in [2.24, 2.45) is 4.99 Å². The Kier molecular flexibility index (Phi) is 14.3. The van der Waals surface area contributed by atoms with E-state index in [1.54, 1.807) is 18.2 Å². The molecule has 0 unspecified atom stereocenters. The van der Waals surface area contributed by atoms with Crippen molar-refractivity contribution >= 4 is 28.3 Å². The van der Waals surface area contributed by atoms with Crippen molar-refractivity contribution in [1.29, 1.82) is 0 Å². The Hall–Kier alpha value is -3.59. The molecule has 1 aromatic heterocycles. The Balaban J connectivity index is 0.00000316. The summed E-state index contributed by atoms with van der Waals surface area (Å²) in [6.07, 6.45) is 14.7. The number of thioether (sulfide) groups is 1. The molecule has 9 heteroatoms. The molecule has 194 valence electrons. The summed E-state index contributed by atoms with van der Waals surface area (Å²) in [4.78, 5) is 17.1. The number of nitrogens with zero attached hydrogens (tertiary/aromatic N) is 2. The SMILES string of the molecule is C=C/C(=C\C1=COCO1)CNC(=O)C(=C)N=C(SC)c1c(C(/C=C\CC)=C/C=C/F)n[nH]c1C.CC. The van der Waals surface area contributed by atoms with Crippen LogP contribution in [-0.2, 0) is 14.3 Å². The molecule has 1 aliphatic rings. The lowest BCUT2D eigenvalue weighted by atomic mass is 10.1. The Labute approximate surface area is 217 Å². The number of allylic oxidation sites excluding steroid dienone is 6. The molecular weight excluding hydrogens is 479 g/mol. The van der Waals surface area contributed by atoms with Gasteiger partial charge in [-0.15, -0.1) is 11.8 Å². The summed E-state index contributed by atoms with van der Waals surface area (Å²) in [5.41, 5.74) is 3.57. The normalized spacial score (nSPS) is 14.2. The zero-order valence-electron chi connectivity index (χ0n) is 21.6. The summed E-state index contributed by atoms with van der Waals surface area (Å²) >= 11 is 1.36. The summed E-state index contributed by atoms with van der Waals surface area (Å²) in [5.74, 6) is 0.124. The molecule has 1 aliphatic heterocycles. The van der Waals surface area contributed by atoms with E-state index in [4.69, 9.17) is 9.47 Å². The minimum absolute atomic E-state index is 0.0391. The molecule has 0 spiro atoms. The van der Waals surface area contributed by atoms with Crippen molar-refractivity contribution in [3.63, 3.8) is 0 Å². The van der Waals surface area contributed by atoms with Crippen LogP contribution in [0.3, 0.4) is 0 Å². The Morgan fingerprint density at radius 3 is 2.75 bits per heavy atom. The lowest BCUT2D eigenvalue weighted by Crippen LogP contribution is -2.26. The number of aromatic amines is 1. The van der Waals surface area contributed by atoms with Gasteiger partial charge in [0.15, 0.2) is 5.76 Å². The van der Waals surface area contributed by atoms with Crippen LogP contribution < -0.4 is 5.32 Å². The fourth-order valence-corrected chi connectivity index (χ4v) is 3.51. The summed E-state index contributed by atoms with van der Waals surface area (Å²) in [6.45, 7) is 15.8. The predicted octanol–water partition coefficient (Wildman–Crippen LogP) is 6.27. The van der Waals surface area contributed by atoms with Gasteiger partial charge in [-0.2, -0.15) is 5.10 Å². The Bertz CT molecular complexity index is 1090. The number of hydrogen-bond acceptors (Lipinski definition) is 6. The monoisotopic (exact) mass is 514 g/mol. The standard InChI is InChI=1S/C25H29FN4O3S.C2H6/c1-6-8-10-20(11-9-12-26)23-22(17(3)29-30-23)25(34-5)28-18(4)24(31)27-14-19(7-2)13-21-15-32-16-33-21;1-2/h7-13,15H,2,4,6,14,16H2,1,3,5H3,(H,27,31)(H,29,30);1-2H3/b10-8-,12-9+,19-13+,20-11+,28-25?;. The highest BCUT2D eigenvalue weighted by Crippen LogP contribution is 2.26. The molecule has 0 aromatic carbocycles. The van der Waals surface area contributed by atoms with Crippen LogP contribution in [0.4, 0.5) is 4.39 Å². The maximum Gasteiger partial charge on any atom is 0.269 e. The maximum absolute atomic E-state index is 12.7. The van der Waals surface area contributed by atoms with Gasteiger partial charge < -0.3 is 14.8 Å². The van der Waals surface area contributed by atoms with E-state index in [2.05, 4.69) is 33.7 Å². The second-order valence-electron chi connectivity index (χ2n) is 6.95. The number of H-pyrrole nitrogens is 1. The van der Waals surface area contributed by atoms with E-state index in [0.717, 1.165) is 23.3 Å². The average molecular weight is 515 g/mol. The van der Waals surface area contributed by atoms with Gasteiger partial charge in [-0.25, -0.2) is 9.38 Å². The summed E-state index contributed by atoms with van der Waals surface area (Å²) in [7, 11) is 0. The molecule has 1 amide bonds. The van der Waals surface area contributed by atoms with Gasteiger partial charge in [0.2, 0.25) is 6.79 Å². The number of nitrogens with one attached hydrogen (secondary N) is 2. The van der Waals surface area contributed by atoms with E-state index in [1.807, 2.05) is 46.1 Å². The van der Waals surface area contributed by atoms with Gasteiger partial charge in [-0.05, 0) is 37.3 Å². The zero-order chi connectivity index (χ0) is 26.9. The highest BCUT2D eigenvalue weighted by molar-refractivity contribution is 8.13. The molecule has 2 rings (SSSR count). The molecule has 0 bridgehead atoms. The van der Waals surface area contributed by atoms with E-state index in [1.165, 1.54) is 24.1 Å². The lowest BCUT2D eigenvalue weighted by molar-refractivity contribution is -0.117. The fraction of sp³-hybridized carbons (Fsp3) is 0.296. The number of rotatable bonds is 11. The lowest BCUT2D eigenvalue weighted by Gasteiger charge is -2.09. The number of aromatic nitrogens is 2. The third-order valence-electron chi connectivity index (χ3n) is 4.54. The van der Waals surface area contributed by atoms with Crippen molar-refractivity contribution in [3.8, 4) is 0 Å². The number of hydrogen-bond donors (Lipinski definition) is 2. The van der Waals surface area contributed by atoms with Gasteiger partial charge in [0, 0.05) is 17.8 Å². The number of aliphatic imine (C=N–C) groups is 1. The van der Waals surface area contributed by atoms with Crippen LogP contribution in [0.15, 0.2) is 84.2 Å². The molecule has 7 nitrogen and oxygen atoms in total. The third-order valence-corrected chi connectivity index (χ3v) is 5.23. The van der Waals surface area contributed by atoms with Gasteiger partial charge in [0.1, 0.15) is 22.7 Å². The molecule has 1 aromatic rings. The van der Waals surface area contributed by atoms with Crippen LogP contribution in [0, 0.1) is 6.92 Å². The molecule has 2 N–H and O–H groups in total. The largest absolute Gasteiger partial charge is 0.461 e. The molecule has 0 fully saturated rings. The second-order valence-corrected chi connectivity index (χ2v) is 7.74. The molecule has 36 heavy (non-hydrogen) atoms. The predicted molar refractivity (Wildman–Crippen MR) is 148 cm³/mol. The van der Waals surface area contributed by atoms with Crippen molar-refractivity contribution < 1.29 is 18.7 Å². The minimum atomic E-state index is -0.429. The first-order valence-electron chi connectivity index (χ1n) is 11.5. The number of carbonyl (C=O) groups is 1. The topological polar surface area (TPSA) is 88.6 Å². The molecule has 0 atom stereocenters. The van der Waals surface area contributed by atoms with Gasteiger partial charge in [0.25, 0.3) is 5.91 Å². The van der Waals surface area contributed by atoms with Crippen LogP contribution in [0.25, 0.3) is 5.57 Å². The van der Waals surface area contributed by atoms with Gasteiger partial charge in [-0.1, -0.05) is 58.2 Å². The average Bonchev–Trinajstić information content (AvgIpc) is 3.55. The fourth-order valence-electron chi connectivity index (χ4n) is 2.85. The highest BCUT2D eigenvalue weighted by Gasteiger charge is 2.19. The van der Waals surface area contributed by atoms with E-state index >= 15 is 0 Å². The van der Waals surface area contributed by atoms with Gasteiger partial charge in [0.05, 0.1) is 11.9 Å². The summed E-state index contributed by atoms with van der Waals surface area (Å²) < 4.78 is 22.9. The minimum Gasteiger partial charge on any atom is -0.461 e. The van der Waals surface area contributed by atoms with E-state index in [9.17, 15) is 9.18 Å². The first-order valence-corrected chi connectivity index (χ1v) is 12.7. The Morgan fingerprint density at radius 2 is 2.17 bits per heavy atom. The number of halogens is 1. The van der Waals surface area contributed by atoms with Gasteiger partial charge in [-0.3, -0.25) is 9.89 Å². The highest BCUT2D eigenvalue weighted by atomic mass is 32.2. The first-order chi connectivity index (χ1) is 17.4. The molecule has 0 radical (unpaired) electrons. The number of carbonyl (C=O) groups excluding carboxylic acids is 1. The maximum atomic E-state index is 12.7. The quantitative estimate of drug-likeness (QED) is 0.157. The molecule has 0 saturated carbocycles. The van der Waals surface area contributed by atoms with Crippen LogP contribution in [0.5, 0.6) is 0 Å². The van der Waals surface area contributed by atoms with Crippen molar-refractivity contribution in [3.05, 3.63) is 96.2 Å². The zero-order valence-corrected chi connectivity index (χ0v) is 22.4. The van der Waals surface area contributed by atoms with Crippen LogP contribution in [0.1, 0.15) is 44.1 Å². The summed E-state index contributed by atoms with van der Waals surface area (Å²) in [6, 6.07) is 0. The van der Waals surface area contributed by atoms with Gasteiger partial charge >= 0.3 is 0 Å². The van der Waals surface area contributed by atoms with E-state index in [-0.39, 0.29) is 19.0 Å². The van der Waals surface area contributed by atoms with Crippen molar-refractivity contribution in [1.82, 2.24) is 15.5 Å². The second kappa shape index (κ2) is 16.9.